The summed E-state index contributed by atoms with van der Waals surface area (Å²) in [6, 6.07) is 5.48. The number of nitrogens with one attached hydrogen (secondary N) is 1. The molecule has 0 spiro atoms. The maximum atomic E-state index is 12.5. The van der Waals surface area contributed by atoms with Crippen molar-refractivity contribution in [1.82, 2.24) is 0 Å². The summed E-state index contributed by atoms with van der Waals surface area (Å²) >= 11 is 1.46. The molecule has 6 nitrogen and oxygen atoms in total. The van der Waals surface area contributed by atoms with Crippen LogP contribution in [0.5, 0.6) is 11.5 Å². The van der Waals surface area contributed by atoms with E-state index in [1.807, 2.05) is 32.0 Å². The van der Waals surface area contributed by atoms with Crippen LogP contribution in [0.1, 0.15) is 53.6 Å². The number of hydrogen-bond donors (Lipinski definition) is 1. The molecule has 0 radical (unpaired) electrons. The van der Waals surface area contributed by atoms with Crippen molar-refractivity contribution in [2.45, 2.75) is 46.1 Å². The predicted molar refractivity (Wildman–Crippen MR) is 119 cm³/mol. The molecule has 0 atom stereocenters. The molecule has 1 aliphatic carbocycles. The standard InChI is InChI=1S/C23H27NO5S/c1-5-28-23(26)21-16-7-6-8-19(16)30-22(21)24-20(25)12-10-15-9-11-17(29-14(2)3)18(13-15)27-4/h9-14H,5-8H2,1-4H3,(H,24,25)/b12-10+. The smallest absolute Gasteiger partial charge is 0.341 e. The molecule has 0 unspecified atom stereocenters. The molecule has 0 fully saturated rings. The largest absolute Gasteiger partial charge is 0.493 e. The third kappa shape index (κ3) is 5.02. The molecule has 1 amide bonds. The summed E-state index contributed by atoms with van der Waals surface area (Å²) in [5.74, 6) is 0.579. The molecule has 0 saturated carbocycles. The number of carbonyl (C=O) groups is 2. The number of aryl methyl sites for hydroxylation is 1. The number of ether oxygens (including phenoxy) is 3. The SMILES string of the molecule is CCOC(=O)c1c(NC(=O)/C=C/c2ccc(OC(C)C)c(OC)c2)sc2c1CCC2. The number of benzene rings is 1. The summed E-state index contributed by atoms with van der Waals surface area (Å²) in [4.78, 5) is 26.1. The average molecular weight is 430 g/mol. The number of hydrogen-bond acceptors (Lipinski definition) is 6. The molecule has 1 aromatic carbocycles. The van der Waals surface area contributed by atoms with Gasteiger partial charge >= 0.3 is 5.97 Å². The van der Waals surface area contributed by atoms with Crippen molar-refractivity contribution < 1.29 is 23.8 Å². The minimum absolute atomic E-state index is 0.0343. The van der Waals surface area contributed by atoms with Crippen LogP contribution in [-0.4, -0.2) is 31.7 Å². The van der Waals surface area contributed by atoms with Gasteiger partial charge in [-0.25, -0.2) is 4.79 Å². The number of thiophene rings is 1. The van der Waals surface area contributed by atoms with Crippen LogP contribution in [0.25, 0.3) is 6.08 Å². The van der Waals surface area contributed by atoms with Gasteiger partial charge in [-0.15, -0.1) is 11.3 Å². The molecule has 3 rings (SSSR count). The molecule has 1 aliphatic rings. The zero-order valence-corrected chi connectivity index (χ0v) is 18.6. The van der Waals surface area contributed by atoms with E-state index in [9.17, 15) is 9.59 Å². The van der Waals surface area contributed by atoms with Gasteiger partial charge in [-0.05, 0) is 69.4 Å². The Bertz CT molecular complexity index is 961. The van der Waals surface area contributed by atoms with Crippen molar-refractivity contribution in [2.75, 3.05) is 19.0 Å². The second-order valence-electron chi connectivity index (χ2n) is 7.18. The summed E-state index contributed by atoms with van der Waals surface area (Å²) in [5.41, 5.74) is 2.33. The van der Waals surface area contributed by atoms with Crippen LogP contribution >= 0.6 is 11.3 Å². The summed E-state index contributed by atoms with van der Waals surface area (Å²) in [6.07, 6.45) is 5.98. The quantitative estimate of drug-likeness (QED) is 0.479. The van der Waals surface area contributed by atoms with Gasteiger partial charge in [-0.3, -0.25) is 4.79 Å². The second-order valence-corrected chi connectivity index (χ2v) is 8.29. The average Bonchev–Trinajstić information content (AvgIpc) is 3.27. The van der Waals surface area contributed by atoms with Gasteiger partial charge in [0.05, 0.1) is 25.4 Å². The van der Waals surface area contributed by atoms with Crippen molar-refractivity contribution in [3.05, 3.63) is 45.8 Å². The first-order valence-corrected chi connectivity index (χ1v) is 10.9. The fourth-order valence-electron chi connectivity index (χ4n) is 3.38. The molecule has 2 aromatic rings. The first-order chi connectivity index (χ1) is 14.4. The van der Waals surface area contributed by atoms with E-state index in [1.165, 1.54) is 17.4 Å². The lowest BCUT2D eigenvalue weighted by atomic mass is 10.1. The van der Waals surface area contributed by atoms with Crippen LogP contribution in [0.15, 0.2) is 24.3 Å². The van der Waals surface area contributed by atoms with Crippen molar-refractivity contribution in [3.63, 3.8) is 0 Å². The molecule has 0 saturated heterocycles. The van der Waals surface area contributed by atoms with Crippen LogP contribution in [0.3, 0.4) is 0 Å². The fraction of sp³-hybridized carbons (Fsp3) is 0.391. The Morgan fingerprint density at radius 2 is 2.03 bits per heavy atom. The molecule has 30 heavy (non-hydrogen) atoms. The Hall–Kier alpha value is -2.80. The van der Waals surface area contributed by atoms with E-state index in [0.717, 1.165) is 35.3 Å². The highest BCUT2D eigenvalue weighted by Crippen LogP contribution is 2.39. The number of rotatable bonds is 8. The normalized spacial score (nSPS) is 12.8. The molecule has 1 heterocycles. The highest BCUT2D eigenvalue weighted by molar-refractivity contribution is 7.17. The molecule has 160 valence electrons. The van der Waals surface area contributed by atoms with Gasteiger partial charge in [-0.2, -0.15) is 0 Å². The molecular weight excluding hydrogens is 402 g/mol. The molecule has 1 N–H and O–H groups in total. The van der Waals surface area contributed by atoms with Gasteiger partial charge in [0.1, 0.15) is 5.00 Å². The Balaban J connectivity index is 1.75. The Morgan fingerprint density at radius 3 is 2.73 bits per heavy atom. The van der Waals surface area contributed by atoms with Crippen molar-refractivity contribution in [2.24, 2.45) is 0 Å². The van der Waals surface area contributed by atoms with Gasteiger partial charge in [0.15, 0.2) is 11.5 Å². The van der Waals surface area contributed by atoms with Gasteiger partial charge in [0.2, 0.25) is 5.91 Å². The van der Waals surface area contributed by atoms with Gasteiger partial charge in [0, 0.05) is 11.0 Å². The first-order valence-electron chi connectivity index (χ1n) is 10.1. The zero-order chi connectivity index (χ0) is 21.7. The lowest BCUT2D eigenvalue weighted by Gasteiger charge is -2.13. The van der Waals surface area contributed by atoms with E-state index < -0.39 is 0 Å². The third-order valence-corrected chi connectivity index (χ3v) is 5.82. The van der Waals surface area contributed by atoms with Crippen molar-refractivity contribution >= 4 is 34.3 Å². The number of esters is 1. The summed E-state index contributed by atoms with van der Waals surface area (Å²) in [6.45, 7) is 5.97. The monoisotopic (exact) mass is 429 g/mol. The summed E-state index contributed by atoms with van der Waals surface area (Å²) in [7, 11) is 1.58. The minimum Gasteiger partial charge on any atom is -0.493 e. The molecule has 1 aromatic heterocycles. The topological polar surface area (TPSA) is 73.9 Å². The molecular formula is C23H27NO5S. The number of anilines is 1. The van der Waals surface area contributed by atoms with Gasteiger partial charge in [0.25, 0.3) is 0 Å². The fourth-order valence-corrected chi connectivity index (χ4v) is 4.66. The highest BCUT2D eigenvalue weighted by Gasteiger charge is 2.28. The Labute approximate surface area is 180 Å². The predicted octanol–water partition coefficient (Wildman–Crippen LogP) is 4.86. The highest BCUT2D eigenvalue weighted by atomic mass is 32.1. The Kier molecular flexibility index (Phi) is 7.15. The second kappa shape index (κ2) is 9.80. The summed E-state index contributed by atoms with van der Waals surface area (Å²) < 4.78 is 16.3. The minimum atomic E-state index is -0.373. The number of fused-ring (bicyclic) bond motifs is 1. The van der Waals surface area contributed by atoms with E-state index in [2.05, 4.69) is 5.32 Å². The lowest BCUT2D eigenvalue weighted by Crippen LogP contribution is -2.13. The number of amides is 1. The van der Waals surface area contributed by atoms with Crippen LogP contribution in [0, 0.1) is 0 Å². The third-order valence-electron chi connectivity index (χ3n) is 4.62. The van der Waals surface area contributed by atoms with Crippen LogP contribution in [-0.2, 0) is 22.4 Å². The van der Waals surface area contributed by atoms with E-state index >= 15 is 0 Å². The summed E-state index contributed by atoms with van der Waals surface area (Å²) in [5, 5.41) is 3.41. The Morgan fingerprint density at radius 1 is 1.23 bits per heavy atom. The number of carbonyl (C=O) groups excluding carboxylic acids is 2. The zero-order valence-electron chi connectivity index (χ0n) is 17.7. The van der Waals surface area contributed by atoms with E-state index in [4.69, 9.17) is 14.2 Å². The van der Waals surface area contributed by atoms with Crippen LogP contribution in [0.2, 0.25) is 0 Å². The van der Waals surface area contributed by atoms with Crippen LogP contribution in [0.4, 0.5) is 5.00 Å². The maximum absolute atomic E-state index is 12.5. The maximum Gasteiger partial charge on any atom is 0.341 e. The van der Waals surface area contributed by atoms with E-state index in [-0.39, 0.29) is 18.0 Å². The molecule has 0 aliphatic heterocycles. The molecule has 7 heteroatoms. The number of methoxy groups -OCH3 is 1. The van der Waals surface area contributed by atoms with Crippen molar-refractivity contribution in [3.8, 4) is 11.5 Å². The van der Waals surface area contributed by atoms with Gasteiger partial charge < -0.3 is 19.5 Å². The van der Waals surface area contributed by atoms with Crippen molar-refractivity contribution in [1.29, 1.82) is 0 Å². The first kappa shape index (κ1) is 21.9. The van der Waals surface area contributed by atoms with E-state index in [1.54, 1.807) is 20.1 Å². The lowest BCUT2D eigenvalue weighted by molar-refractivity contribution is -0.111. The molecule has 0 bridgehead atoms. The van der Waals surface area contributed by atoms with Crippen LogP contribution < -0.4 is 14.8 Å². The van der Waals surface area contributed by atoms with E-state index in [0.29, 0.717) is 28.7 Å². The van der Waals surface area contributed by atoms with Gasteiger partial charge in [-0.1, -0.05) is 6.07 Å².